The van der Waals surface area contributed by atoms with E-state index in [-0.39, 0.29) is 0 Å². The summed E-state index contributed by atoms with van der Waals surface area (Å²) in [7, 11) is 0. The minimum atomic E-state index is 0.559. The van der Waals surface area contributed by atoms with E-state index in [2.05, 4.69) is 24.5 Å². The Morgan fingerprint density at radius 3 is 2.61 bits per heavy atom. The highest BCUT2D eigenvalue weighted by atomic mass is 16.5. The van der Waals surface area contributed by atoms with Crippen molar-refractivity contribution in [3.05, 3.63) is 0 Å². The highest BCUT2D eigenvalue weighted by Gasteiger charge is 2.32. The van der Waals surface area contributed by atoms with Crippen molar-refractivity contribution in [2.45, 2.75) is 52.0 Å². The highest BCUT2D eigenvalue weighted by molar-refractivity contribution is 4.87. The van der Waals surface area contributed by atoms with Crippen molar-refractivity contribution in [2.24, 2.45) is 11.3 Å². The summed E-state index contributed by atoms with van der Waals surface area (Å²) in [6, 6.07) is 0.559. The maximum absolute atomic E-state index is 5.59. The third-order valence-electron chi connectivity index (χ3n) is 4.99. The maximum atomic E-state index is 5.59. The number of nitrogens with one attached hydrogen (secondary N) is 2. The molecule has 1 heterocycles. The molecule has 2 aliphatic rings. The van der Waals surface area contributed by atoms with E-state index in [1.807, 2.05) is 0 Å². The summed E-state index contributed by atoms with van der Waals surface area (Å²) in [6.45, 7) is 9.70. The van der Waals surface area contributed by atoms with Gasteiger partial charge < -0.3 is 15.4 Å². The van der Waals surface area contributed by atoms with Crippen LogP contribution in [0.5, 0.6) is 0 Å². The summed E-state index contributed by atoms with van der Waals surface area (Å²) >= 11 is 0. The quantitative estimate of drug-likeness (QED) is 0.730. The molecule has 1 aliphatic heterocycles. The Hall–Kier alpha value is -0.120. The van der Waals surface area contributed by atoms with Crippen LogP contribution in [-0.4, -0.2) is 38.9 Å². The molecule has 2 unspecified atom stereocenters. The molecule has 0 amide bonds. The van der Waals surface area contributed by atoms with E-state index in [1.54, 1.807) is 0 Å². The monoisotopic (exact) mass is 254 g/mol. The molecule has 0 aromatic heterocycles. The molecule has 1 saturated heterocycles. The molecule has 0 aromatic carbocycles. The fourth-order valence-electron chi connectivity index (χ4n) is 3.59. The molecule has 0 radical (unpaired) electrons. The van der Waals surface area contributed by atoms with Crippen LogP contribution in [-0.2, 0) is 4.74 Å². The highest BCUT2D eigenvalue weighted by Crippen LogP contribution is 2.40. The Kier molecular flexibility index (Phi) is 5.46. The van der Waals surface area contributed by atoms with E-state index < -0.39 is 0 Å². The van der Waals surface area contributed by atoms with E-state index in [1.165, 1.54) is 38.6 Å². The second kappa shape index (κ2) is 6.88. The molecule has 3 heteroatoms. The lowest BCUT2D eigenvalue weighted by Crippen LogP contribution is -2.42. The second-order valence-electron chi connectivity index (χ2n) is 6.15. The molecule has 0 spiro atoms. The number of rotatable bonds is 7. The summed E-state index contributed by atoms with van der Waals surface area (Å²) in [5.41, 5.74) is 0.604. The summed E-state index contributed by atoms with van der Waals surface area (Å²) in [4.78, 5) is 0. The van der Waals surface area contributed by atoms with E-state index in [0.29, 0.717) is 17.4 Å². The van der Waals surface area contributed by atoms with Crippen LogP contribution in [0.4, 0.5) is 0 Å². The van der Waals surface area contributed by atoms with Crippen LogP contribution in [0.2, 0.25) is 0 Å². The van der Waals surface area contributed by atoms with Crippen LogP contribution in [0.3, 0.4) is 0 Å². The first-order valence-corrected chi connectivity index (χ1v) is 7.81. The lowest BCUT2D eigenvalue weighted by molar-refractivity contribution is 0.180. The van der Waals surface area contributed by atoms with Crippen molar-refractivity contribution in [3.8, 4) is 0 Å². The largest absolute Gasteiger partial charge is 0.379 e. The third kappa shape index (κ3) is 3.46. The molecule has 1 aliphatic carbocycles. The summed E-state index contributed by atoms with van der Waals surface area (Å²) in [5, 5.41) is 7.26. The van der Waals surface area contributed by atoms with Crippen LogP contribution in [0, 0.1) is 11.3 Å². The number of hydrogen-bond acceptors (Lipinski definition) is 3. The zero-order valence-electron chi connectivity index (χ0n) is 12.1. The van der Waals surface area contributed by atoms with Crippen LogP contribution in [0.25, 0.3) is 0 Å². The Morgan fingerprint density at radius 2 is 1.94 bits per heavy atom. The molecule has 106 valence electrons. The van der Waals surface area contributed by atoms with Crippen molar-refractivity contribution in [3.63, 3.8) is 0 Å². The molecule has 0 aromatic rings. The van der Waals surface area contributed by atoms with E-state index in [0.717, 1.165) is 26.3 Å². The summed E-state index contributed by atoms with van der Waals surface area (Å²) < 4.78 is 5.59. The van der Waals surface area contributed by atoms with Gasteiger partial charge in [0.15, 0.2) is 0 Å². The fourth-order valence-corrected chi connectivity index (χ4v) is 3.59. The topological polar surface area (TPSA) is 33.3 Å². The fraction of sp³-hybridized carbons (Fsp3) is 1.00. The molecule has 0 bridgehead atoms. The van der Waals surface area contributed by atoms with Gasteiger partial charge >= 0.3 is 0 Å². The van der Waals surface area contributed by atoms with Crippen molar-refractivity contribution < 1.29 is 4.74 Å². The minimum Gasteiger partial charge on any atom is -0.379 e. The summed E-state index contributed by atoms with van der Waals surface area (Å²) in [6.07, 6.45) is 7.05. The number of ether oxygens (including phenoxy) is 1. The average molecular weight is 254 g/mol. The Morgan fingerprint density at radius 1 is 1.17 bits per heavy atom. The predicted octanol–water partition coefficient (Wildman–Crippen LogP) is 2.17. The van der Waals surface area contributed by atoms with Gasteiger partial charge in [-0.15, -0.1) is 0 Å². The van der Waals surface area contributed by atoms with Crippen LogP contribution >= 0.6 is 0 Å². The molecule has 2 atom stereocenters. The normalized spacial score (nSPS) is 31.0. The standard InChI is InChI=1S/C15H30N2O/c1-3-15(7-5-6-8-15)12-16-9-13-10-18-11-14(13)17-4-2/h13-14,16-17H,3-12H2,1-2H3. The summed E-state index contributed by atoms with van der Waals surface area (Å²) in [5.74, 6) is 0.653. The molecule has 2 rings (SSSR count). The van der Waals surface area contributed by atoms with Crippen molar-refractivity contribution >= 4 is 0 Å². The van der Waals surface area contributed by atoms with Crippen LogP contribution < -0.4 is 10.6 Å². The van der Waals surface area contributed by atoms with Gasteiger partial charge in [-0.2, -0.15) is 0 Å². The lowest BCUT2D eigenvalue weighted by Gasteiger charge is -2.29. The second-order valence-corrected chi connectivity index (χ2v) is 6.15. The van der Waals surface area contributed by atoms with Gasteiger partial charge in [0.25, 0.3) is 0 Å². The first-order chi connectivity index (χ1) is 8.79. The molecular formula is C15H30N2O. The lowest BCUT2D eigenvalue weighted by atomic mass is 9.83. The Balaban J connectivity index is 1.71. The van der Waals surface area contributed by atoms with E-state index >= 15 is 0 Å². The van der Waals surface area contributed by atoms with Gasteiger partial charge in [0.2, 0.25) is 0 Å². The number of hydrogen-bond donors (Lipinski definition) is 2. The number of likely N-dealkylation sites (N-methyl/N-ethyl adjacent to an activating group) is 1. The van der Waals surface area contributed by atoms with Gasteiger partial charge in [0.1, 0.15) is 0 Å². The van der Waals surface area contributed by atoms with Gasteiger partial charge in [-0.1, -0.05) is 26.7 Å². The molecule has 18 heavy (non-hydrogen) atoms. The van der Waals surface area contributed by atoms with Crippen LogP contribution in [0.15, 0.2) is 0 Å². The van der Waals surface area contributed by atoms with Crippen LogP contribution in [0.1, 0.15) is 46.0 Å². The van der Waals surface area contributed by atoms with E-state index in [4.69, 9.17) is 4.74 Å². The zero-order chi connectivity index (χ0) is 12.8. The SMILES string of the molecule is CCNC1COCC1CNCC1(CC)CCCC1. The minimum absolute atomic E-state index is 0.559. The van der Waals surface area contributed by atoms with Gasteiger partial charge in [-0.05, 0) is 31.2 Å². The first-order valence-electron chi connectivity index (χ1n) is 7.81. The van der Waals surface area contributed by atoms with Crippen molar-refractivity contribution in [2.75, 3.05) is 32.8 Å². The molecule has 2 fully saturated rings. The van der Waals surface area contributed by atoms with Gasteiger partial charge in [-0.3, -0.25) is 0 Å². The van der Waals surface area contributed by atoms with Crippen molar-refractivity contribution in [1.82, 2.24) is 10.6 Å². The molecule has 1 saturated carbocycles. The van der Waals surface area contributed by atoms with Crippen molar-refractivity contribution in [1.29, 1.82) is 0 Å². The molecule has 2 N–H and O–H groups in total. The maximum Gasteiger partial charge on any atom is 0.0623 e. The third-order valence-corrected chi connectivity index (χ3v) is 4.99. The first kappa shape index (κ1) is 14.3. The molecule has 3 nitrogen and oxygen atoms in total. The van der Waals surface area contributed by atoms with Gasteiger partial charge in [0.05, 0.1) is 13.2 Å². The average Bonchev–Trinajstić information content (AvgIpc) is 3.01. The van der Waals surface area contributed by atoms with Gasteiger partial charge in [-0.25, -0.2) is 0 Å². The molecular weight excluding hydrogens is 224 g/mol. The Bertz CT molecular complexity index is 239. The van der Waals surface area contributed by atoms with Gasteiger partial charge in [0, 0.05) is 25.0 Å². The van der Waals surface area contributed by atoms with E-state index in [9.17, 15) is 0 Å². The predicted molar refractivity (Wildman–Crippen MR) is 75.8 cm³/mol. The Labute approximate surface area is 112 Å². The smallest absolute Gasteiger partial charge is 0.0623 e. The zero-order valence-corrected chi connectivity index (χ0v) is 12.1.